The topological polar surface area (TPSA) is 105 Å². The van der Waals surface area contributed by atoms with Crippen molar-refractivity contribution in [3.05, 3.63) is 53.3 Å². The highest BCUT2D eigenvalue weighted by Gasteiger charge is 2.30. The number of nitrogens with zero attached hydrogens (tertiary/aromatic N) is 3. The van der Waals surface area contributed by atoms with Gasteiger partial charge in [-0.2, -0.15) is 5.10 Å². The molecular formula is C24H32N4O4. The lowest BCUT2D eigenvalue weighted by atomic mass is 9.98. The van der Waals surface area contributed by atoms with Crippen molar-refractivity contribution >= 4 is 17.8 Å². The summed E-state index contributed by atoms with van der Waals surface area (Å²) in [6.07, 6.45) is 4.84. The van der Waals surface area contributed by atoms with Gasteiger partial charge in [0, 0.05) is 25.2 Å². The third-order valence-electron chi connectivity index (χ3n) is 5.93. The van der Waals surface area contributed by atoms with Gasteiger partial charge >= 0.3 is 5.97 Å². The Morgan fingerprint density at radius 1 is 1.19 bits per heavy atom. The minimum atomic E-state index is -1.01. The number of likely N-dealkylation sites (tertiary alicyclic amines) is 1. The first-order chi connectivity index (χ1) is 15.4. The van der Waals surface area contributed by atoms with Crippen molar-refractivity contribution in [3.8, 4) is 0 Å². The van der Waals surface area contributed by atoms with Crippen LogP contribution in [0.4, 0.5) is 0 Å². The van der Waals surface area contributed by atoms with Gasteiger partial charge in [0.15, 0.2) is 5.69 Å². The molecule has 3 rings (SSSR count). The highest BCUT2D eigenvalue weighted by Crippen LogP contribution is 2.24. The Kier molecular flexibility index (Phi) is 8.03. The average Bonchev–Trinajstić information content (AvgIpc) is 3.24. The standard InChI is InChI=1S/C24H32N4O4/c1-3-10-18-13-8-9-14-27(18)24(32)21-15-20(26-28(21)4-2)23(31)25-19(16-22(29)30)17-11-6-5-7-12-17/h5-7,11-12,15,18-19H,3-4,8-10,13-14,16H2,1-2H3,(H,25,31)(H,29,30)/t18-,19?/m0/s1. The Bertz CT molecular complexity index is 939. The largest absolute Gasteiger partial charge is 0.481 e. The highest BCUT2D eigenvalue weighted by atomic mass is 16.4. The molecule has 1 fully saturated rings. The summed E-state index contributed by atoms with van der Waals surface area (Å²) in [7, 11) is 0. The fourth-order valence-electron chi connectivity index (χ4n) is 4.33. The van der Waals surface area contributed by atoms with Gasteiger partial charge in [-0.25, -0.2) is 0 Å². The molecule has 1 aromatic heterocycles. The van der Waals surface area contributed by atoms with Gasteiger partial charge in [0.25, 0.3) is 11.8 Å². The third kappa shape index (κ3) is 5.55. The lowest BCUT2D eigenvalue weighted by Gasteiger charge is -2.35. The van der Waals surface area contributed by atoms with Gasteiger partial charge in [0.05, 0.1) is 12.5 Å². The molecule has 0 saturated carbocycles. The first-order valence-corrected chi connectivity index (χ1v) is 11.4. The van der Waals surface area contributed by atoms with E-state index >= 15 is 0 Å². The number of rotatable bonds is 9. The summed E-state index contributed by atoms with van der Waals surface area (Å²) in [5, 5.41) is 16.4. The number of carboxylic acids is 1. The summed E-state index contributed by atoms with van der Waals surface area (Å²) >= 11 is 0. The Morgan fingerprint density at radius 2 is 1.94 bits per heavy atom. The maximum absolute atomic E-state index is 13.3. The first-order valence-electron chi connectivity index (χ1n) is 11.4. The van der Waals surface area contributed by atoms with E-state index in [1.165, 1.54) is 6.07 Å². The smallest absolute Gasteiger partial charge is 0.305 e. The Morgan fingerprint density at radius 3 is 2.59 bits per heavy atom. The van der Waals surface area contributed by atoms with E-state index in [4.69, 9.17) is 0 Å². The minimum Gasteiger partial charge on any atom is -0.481 e. The molecule has 2 atom stereocenters. The molecule has 2 N–H and O–H groups in total. The van der Waals surface area contributed by atoms with Gasteiger partial charge in [0.2, 0.25) is 0 Å². The maximum atomic E-state index is 13.3. The molecular weight excluding hydrogens is 408 g/mol. The monoisotopic (exact) mass is 440 g/mol. The zero-order chi connectivity index (χ0) is 23.1. The molecule has 1 saturated heterocycles. The van der Waals surface area contributed by atoms with Crippen LogP contribution in [-0.4, -0.2) is 50.2 Å². The van der Waals surface area contributed by atoms with Gasteiger partial charge < -0.3 is 15.3 Å². The van der Waals surface area contributed by atoms with E-state index in [1.54, 1.807) is 28.9 Å². The predicted molar refractivity (Wildman–Crippen MR) is 120 cm³/mol. The molecule has 0 spiro atoms. The van der Waals surface area contributed by atoms with Crippen LogP contribution in [0.3, 0.4) is 0 Å². The van der Waals surface area contributed by atoms with E-state index in [0.29, 0.717) is 24.3 Å². The number of aryl methyl sites for hydroxylation is 1. The molecule has 2 amide bonds. The molecule has 2 heterocycles. The van der Waals surface area contributed by atoms with Crippen LogP contribution in [0.2, 0.25) is 0 Å². The second-order valence-electron chi connectivity index (χ2n) is 8.20. The maximum Gasteiger partial charge on any atom is 0.305 e. The van der Waals surface area contributed by atoms with Crippen LogP contribution in [0.1, 0.15) is 85.0 Å². The number of benzene rings is 1. The van der Waals surface area contributed by atoms with Crippen LogP contribution in [0.5, 0.6) is 0 Å². The number of hydrogen-bond acceptors (Lipinski definition) is 4. The van der Waals surface area contributed by atoms with Crippen LogP contribution in [0, 0.1) is 0 Å². The molecule has 1 aliphatic heterocycles. The fraction of sp³-hybridized carbons (Fsp3) is 0.500. The number of carbonyl (C=O) groups excluding carboxylic acids is 2. The summed E-state index contributed by atoms with van der Waals surface area (Å²) in [6, 6.07) is 10.0. The van der Waals surface area contributed by atoms with E-state index in [9.17, 15) is 19.5 Å². The van der Waals surface area contributed by atoms with E-state index < -0.39 is 17.9 Å². The summed E-state index contributed by atoms with van der Waals surface area (Å²) in [5.74, 6) is -1.60. The van der Waals surface area contributed by atoms with Crippen molar-refractivity contribution in [1.82, 2.24) is 20.0 Å². The molecule has 32 heavy (non-hydrogen) atoms. The highest BCUT2D eigenvalue weighted by molar-refractivity contribution is 5.98. The van der Waals surface area contributed by atoms with Crippen LogP contribution in [0.15, 0.2) is 36.4 Å². The van der Waals surface area contributed by atoms with E-state index in [0.717, 1.165) is 32.1 Å². The van der Waals surface area contributed by atoms with E-state index in [2.05, 4.69) is 17.3 Å². The summed E-state index contributed by atoms with van der Waals surface area (Å²) in [4.78, 5) is 39.6. The van der Waals surface area contributed by atoms with Crippen molar-refractivity contribution in [2.24, 2.45) is 0 Å². The Balaban J connectivity index is 1.82. The Labute approximate surface area is 188 Å². The summed E-state index contributed by atoms with van der Waals surface area (Å²) in [6.45, 7) is 5.17. The van der Waals surface area contributed by atoms with Crippen LogP contribution in [-0.2, 0) is 11.3 Å². The molecule has 8 nitrogen and oxygen atoms in total. The van der Waals surface area contributed by atoms with Gasteiger partial charge in [-0.1, -0.05) is 43.7 Å². The number of amides is 2. The minimum absolute atomic E-state index is 0.0957. The number of aromatic nitrogens is 2. The summed E-state index contributed by atoms with van der Waals surface area (Å²) < 4.78 is 1.56. The Hall–Kier alpha value is -3.16. The lowest BCUT2D eigenvalue weighted by Crippen LogP contribution is -2.44. The summed E-state index contributed by atoms with van der Waals surface area (Å²) in [5.41, 5.74) is 1.21. The normalized spacial score (nSPS) is 17.1. The van der Waals surface area contributed by atoms with Gasteiger partial charge in [0.1, 0.15) is 5.69 Å². The molecule has 0 radical (unpaired) electrons. The number of carboxylic acid groups (broad SMARTS) is 1. The fourth-order valence-corrected chi connectivity index (χ4v) is 4.33. The number of nitrogens with one attached hydrogen (secondary N) is 1. The number of carbonyl (C=O) groups is 3. The van der Waals surface area contributed by atoms with Crippen LogP contribution >= 0.6 is 0 Å². The van der Waals surface area contributed by atoms with E-state index in [1.807, 2.05) is 17.9 Å². The van der Waals surface area contributed by atoms with Gasteiger partial charge in [-0.3, -0.25) is 19.1 Å². The van der Waals surface area contributed by atoms with Gasteiger partial charge in [-0.05, 0) is 38.2 Å². The van der Waals surface area contributed by atoms with Crippen molar-refractivity contribution in [2.45, 2.75) is 71.0 Å². The molecule has 1 aromatic carbocycles. The first kappa shape index (κ1) is 23.5. The molecule has 8 heteroatoms. The molecule has 0 aliphatic carbocycles. The number of piperidine rings is 1. The van der Waals surface area contributed by atoms with Crippen molar-refractivity contribution in [1.29, 1.82) is 0 Å². The quantitative estimate of drug-likeness (QED) is 0.619. The molecule has 2 aromatic rings. The van der Waals surface area contributed by atoms with Gasteiger partial charge in [-0.15, -0.1) is 0 Å². The molecule has 1 unspecified atom stereocenters. The van der Waals surface area contributed by atoms with Crippen LogP contribution in [0.25, 0.3) is 0 Å². The predicted octanol–water partition coefficient (Wildman–Crippen LogP) is 3.64. The second kappa shape index (κ2) is 10.9. The molecule has 172 valence electrons. The van der Waals surface area contributed by atoms with Crippen molar-refractivity contribution < 1.29 is 19.5 Å². The molecule has 1 aliphatic rings. The number of aliphatic carboxylic acids is 1. The third-order valence-corrected chi connectivity index (χ3v) is 5.93. The average molecular weight is 441 g/mol. The second-order valence-corrected chi connectivity index (χ2v) is 8.20. The van der Waals surface area contributed by atoms with E-state index in [-0.39, 0.29) is 24.1 Å². The molecule has 0 bridgehead atoms. The van der Waals surface area contributed by atoms with Crippen molar-refractivity contribution in [2.75, 3.05) is 6.54 Å². The number of hydrogen-bond donors (Lipinski definition) is 2. The SMILES string of the molecule is CCC[C@H]1CCCCN1C(=O)c1cc(C(=O)NC(CC(=O)O)c2ccccc2)nn1CC. The zero-order valence-electron chi connectivity index (χ0n) is 18.8. The lowest BCUT2D eigenvalue weighted by molar-refractivity contribution is -0.137. The van der Waals surface area contributed by atoms with Crippen LogP contribution < -0.4 is 5.32 Å². The zero-order valence-corrected chi connectivity index (χ0v) is 18.8. The van der Waals surface area contributed by atoms with Crippen molar-refractivity contribution in [3.63, 3.8) is 0 Å².